The van der Waals surface area contributed by atoms with Gasteiger partial charge in [-0.05, 0) is 13.8 Å². The van der Waals surface area contributed by atoms with Gasteiger partial charge >= 0.3 is 30.6 Å². The summed E-state index contributed by atoms with van der Waals surface area (Å²) in [5, 5.41) is 0. The lowest BCUT2D eigenvalue weighted by Gasteiger charge is -2.17. The van der Waals surface area contributed by atoms with Crippen molar-refractivity contribution in [2.75, 3.05) is 0 Å². The molecule has 0 atom stereocenters. The molecule has 0 heterocycles. The first kappa shape index (κ1) is 24.1. The van der Waals surface area contributed by atoms with Gasteiger partial charge in [-0.1, -0.05) is 13.2 Å². The molecule has 0 fully saturated rings. The summed E-state index contributed by atoms with van der Waals surface area (Å²) in [5.74, 6) is -3.01. The first-order valence-corrected chi connectivity index (χ1v) is 5.65. The van der Waals surface area contributed by atoms with Crippen LogP contribution in [0.25, 0.3) is 0 Å². The Morgan fingerprint density at radius 2 is 1.12 bits per heavy atom. The highest BCUT2D eigenvalue weighted by Crippen LogP contribution is 2.32. The van der Waals surface area contributed by atoms with Gasteiger partial charge in [-0.25, -0.2) is 9.59 Å². The zero-order chi connectivity index (χ0) is 19.9. The molecular formula is C12H12F8O4. The van der Waals surface area contributed by atoms with Crippen LogP contribution < -0.4 is 0 Å². The van der Waals surface area contributed by atoms with Gasteiger partial charge in [0.1, 0.15) is 6.42 Å². The molecule has 0 aromatic heterocycles. The Morgan fingerprint density at radius 1 is 0.792 bits per heavy atom. The fourth-order valence-electron chi connectivity index (χ4n) is 0.684. The van der Waals surface area contributed by atoms with Crippen molar-refractivity contribution in [2.24, 2.45) is 0 Å². The Bertz CT molecular complexity index is 490. The number of carbonyl (C=O) groups is 2. The lowest BCUT2D eigenvalue weighted by molar-refractivity contribution is -0.303. The van der Waals surface area contributed by atoms with E-state index < -0.39 is 42.6 Å². The first-order chi connectivity index (χ1) is 10.4. The summed E-state index contributed by atoms with van der Waals surface area (Å²) in [4.78, 5) is 20.6. The summed E-state index contributed by atoms with van der Waals surface area (Å²) in [6.07, 6.45) is -17.1. The minimum atomic E-state index is -5.10. The number of rotatable bonds is 4. The number of esters is 2. The first-order valence-electron chi connectivity index (χ1n) is 5.65. The van der Waals surface area contributed by atoms with Crippen LogP contribution in [0.5, 0.6) is 0 Å². The molecule has 0 spiro atoms. The summed E-state index contributed by atoms with van der Waals surface area (Å²) in [6.45, 7) is 8.09. The third kappa shape index (κ3) is 14.8. The molecule has 0 unspecified atom stereocenters. The fraction of sp³-hybridized carbons (Fsp3) is 0.500. The van der Waals surface area contributed by atoms with Crippen molar-refractivity contribution in [2.45, 2.75) is 38.9 Å². The minimum absolute atomic E-state index is 0.280. The van der Waals surface area contributed by atoms with Crippen molar-refractivity contribution in [1.82, 2.24) is 0 Å². The number of hydrogen-bond acceptors (Lipinski definition) is 4. The molecule has 0 amide bonds. The smallest absolute Gasteiger partial charge is 0.397 e. The van der Waals surface area contributed by atoms with Crippen LogP contribution in [0.2, 0.25) is 0 Å². The molecule has 0 radical (unpaired) electrons. The molecule has 0 saturated heterocycles. The third-order valence-corrected chi connectivity index (χ3v) is 1.55. The monoisotopic (exact) mass is 372 g/mol. The molecule has 0 aromatic carbocycles. The number of hydrogen-bond donors (Lipinski definition) is 0. The Labute approximate surface area is 130 Å². The SMILES string of the molecule is C=C(C)C(=O)OC(F)(F)CC(F)(F)F.C=C(C)C(=O)OC(F)(F)F. The molecule has 0 aliphatic heterocycles. The maximum Gasteiger partial charge on any atom is 0.575 e. The van der Waals surface area contributed by atoms with Crippen LogP contribution in [0.15, 0.2) is 24.3 Å². The van der Waals surface area contributed by atoms with E-state index in [2.05, 4.69) is 22.6 Å². The van der Waals surface area contributed by atoms with Crippen LogP contribution in [0.1, 0.15) is 20.3 Å². The molecule has 12 heteroatoms. The van der Waals surface area contributed by atoms with E-state index in [1.165, 1.54) is 0 Å². The second-order valence-corrected chi connectivity index (χ2v) is 4.21. The summed E-state index contributed by atoms with van der Waals surface area (Å²) in [7, 11) is 0. The van der Waals surface area contributed by atoms with Crippen molar-refractivity contribution in [3.05, 3.63) is 24.3 Å². The zero-order valence-electron chi connectivity index (χ0n) is 12.3. The Morgan fingerprint density at radius 3 is 1.33 bits per heavy atom. The van der Waals surface area contributed by atoms with E-state index in [0.717, 1.165) is 13.8 Å². The lowest BCUT2D eigenvalue weighted by Crippen LogP contribution is -2.31. The van der Waals surface area contributed by atoms with Gasteiger partial charge in [0.2, 0.25) is 0 Å². The number of carbonyl (C=O) groups excluding carboxylic acids is 2. The number of alkyl halides is 8. The molecule has 0 N–H and O–H groups in total. The van der Waals surface area contributed by atoms with Crippen molar-refractivity contribution in [3.63, 3.8) is 0 Å². The molecule has 4 nitrogen and oxygen atoms in total. The number of ether oxygens (including phenoxy) is 2. The predicted octanol–water partition coefficient (Wildman–Crippen LogP) is 4.28. The van der Waals surface area contributed by atoms with E-state index in [1.54, 1.807) is 0 Å². The maximum atomic E-state index is 12.3. The van der Waals surface area contributed by atoms with E-state index in [0.29, 0.717) is 0 Å². The van der Waals surface area contributed by atoms with Crippen molar-refractivity contribution < 1.29 is 54.2 Å². The summed E-state index contributed by atoms with van der Waals surface area (Å²) in [6, 6.07) is 0. The van der Waals surface area contributed by atoms with Gasteiger partial charge in [0.05, 0.1) is 0 Å². The molecule has 0 bridgehead atoms. The molecule has 0 aliphatic carbocycles. The van der Waals surface area contributed by atoms with Crippen LogP contribution in [0.4, 0.5) is 35.1 Å². The highest BCUT2D eigenvalue weighted by Gasteiger charge is 2.46. The highest BCUT2D eigenvalue weighted by atomic mass is 19.4. The molecular weight excluding hydrogens is 360 g/mol. The van der Waals surface area contributed by atoms with Gasteiger partial charge in [-0.15, -0.1) is 13.2 Å². The third-order valence-electron chi connectivity index (χ3n) is 1.55. The fourth-order valence-corrected chi connectivity index (χ4v) is 0.684. The van der Waals surface area contributed by atoms with Crippen molar-refractivity contribution in [3.8, 4) is 0 Å². The van der Waals surface area contributed by atoms with E-state index in [4.69, 9.17) is 0 Å². The summed E-state index contributed by atoms with van der Waals surface area (Å²) >= 11 is 0. The van der Waals surface area contributed by atoms with E-state index in [9.17, 15) is 44.7 Å². The lowest BCUT2D eigenvalue weighted by atomic mass is 10.3. The van der Waals surface area contributed by atoms with E-state index >= 15 is 0 Å². The van der Waals surface area contributed by atoms with Crippen molar-refractivity contribution >= 4 is 11.9 Å². The Kier molecular flexibility index (Phi) is 8.68. The zero-order valence-corrected chi connectivity index (χ0v) is 12.3. The predicted molar refractivity (Wildman–Crippen MR) is 63.5 cm³/mol. The van der Waals surface area contributed by atoms with Crippen LogP contribution in [0, 0.1) is 0 Å². The normalized spacial score (nSPS) is 11.8. The molecule has 0 aliphatic rings. The van der Waals surface area contributed by atoms with Gasteiger partial charge in [0.25, 0.3) is 0 Å². The van der Waals surface area contributed by atoms with Crippen LogP contribution in [0.3, 0.4) is 0 Å². The molecule has 24 heavy (non-hydrogen) atoms. The minimum Gasteiger partial charge on any atom is -0.397 e. The standard InChI is InChI=1S/C7H7F5O2.C5H5F3O2/c1-4(2)5(13)14-7(11,12)3-6(8,9)10;1-3(2)4(9)10-5(6,7)8/h1,3H2,2H3;1H2,2H3. The van der Waals surface area contributed by atoms with Crippen LogP contribution in [-0.2, 0) is 19.1 Å². The van der Waals surface area contributed by atoms with Gasteiger partial charge in [0.15, 0.2) is 0 Å². The average molecular weight is 372 g/mol. The second-order valence-electron chi connectivity index (χ2n) is 4.21. The van der Waals surface area contributed by atoms with Gasteiger partial charge in [-0.2, -0.15) is 22.0 Å². The molecule has 140 valence electrons. The van der Waals surface area contributed by atoms with Crippen LogP contribution in [-0.4, -0.2) is 30.6 Å². The summed E-state index contributed by atoms with van der Waals surface area (Å²) in [5.41, 5.74) is -0.677. The Balaban J connectivity index is 0. The molecule has 0 saturated carbocycles. The topological polar surface area (TPSA) is 52.6 Å². The van der Waals surface area contributed by atoms with Gasteiger partial charge in [-0.3, -0.25) is 0 Å². The second kappa shape index (κ2) is 8.64. The average Bonchev–Trinajstić information content (AvgIpc) is 2.22. The van der Waals surface area contributed by atoms with Gasteiger partial charge in [0, 0.05) is 11.1 Å². The Hall–Kier alpha value is -2.14. The maximum absolute atomic E-state index is 12.3. The largest absolute Gasteiger partial charge is 0.575 e. The van der Waals surface area contributed by atoms with Crippen molar-refractivity contribution in [1.29, 1.82) is 0 Å². The van der Waals surface area contributed by atoms with E-state index in [1.807, 2.05) is 0 Å². The van der Waals surface area contributed by atoms with Gasteiger partial charge < -0.3 is 9.47 Å². The van der Waals surface area contributed by atoms with E-state index in [-0.39, 0.29) is 5.57 Å². The highest BCUT2D eigenvalue weighted by molar-refractivity contribution is 5.87. The molecule has 0 rings (SSSR count). The number of halogens is 8. The van der Waals surface area contributed by atoms with Crippen LogP contribution >= 0.6 is 0 Å². The quantitative estimate of drug-likeness (QED) is 0.420. The summed E-state index contributed by atoms with van der Waals surface area (Å²) < 4.78 is 99.0. The molecule has 0 aromatic rings.